The van der Waals surface area contributed by atoms with Gasteiger partial charge in [0.1, 0.15) is 17.6 Å². The summed E-state index contributed by atoms with van der Waals surface area (Å²) in [6, 6.07) is 8.72. The second-order valence-corrected chi connectivity index (χ2v) is 6.50. The van der Waals surface area contributed by atoms with Crippen LogP contribution in [0.1, 0.15) is 29.7 Å². The fourth-order valence-electron chi connectivity index (χ4n) is 3.17. The van der Waals surface area contributed by atoms with Crippen molar-refractivity contribution in [2.45, 2.75) is 25.4 Å². The van der Waals surface area contributed by atoms with Gasteiger partial charge in [-0.1, -0.05) is 12.1 Å². The van der Waals surface area contributed by atoms with E-state index in [1.165, 1.54) is 6.07 Å². The van der Waals surface area contributed by atoms with E-state index in [0.717, 1.165) is 20.0 Å². The molecular formula is C19H20N2O7. The van der Waals surface area contributed by atoms with Gasteiger partial charge < -0.3 is 25.8 Å². The van der Waals surface area contributed by atoms with Crippen LogP contribution in [-0.4, -0.2) is 39.1 Å². The predicted octanol–water partition coefficient (Wildman–Crippen LogP) is 1.08. The van der Waals surface area contributed by atoms with E-state index in [1.807, 2.05) is 0 Å². The van der Waals surface area contributed by atoms with Gasteiger partial charge in [-0.2, -0.15) is 0 Å². The summed E-state index contributed by atoms with van der Waals surface area (Å²) in [5.74, 6) is -4.87. The van der Waals surface area contributed by atoms with Crippen LogP contribution in [0, 0.1) is 0 Å². The van der Waals surface area contributed by atoms with Crippen molar-refractivity contribution < 1.29 is 34.5 Å². The number of nitrogens with zero attached hydrogens (tertiary/aromatic N) is 1. The Morgan fingerprint density at radius 3 is 2.50 bits per heavy atom. The highest BCUT2D eigenvalue weighted by Crippen LogP contribution is 2.49. The molecule has 1 amide bonds. The molecule has 1 heterocycles. The van der Waals surface area contributed by atoms with E-state index in [2.05, 4.69) is 0 Å². The Balaban J connectivity index is 2.13. The maximum Gasteiger partial charge on any atom is 0.313 e. The van der Waals surface area contributed by atoms with E-state index in [9.17, 15) is 24.9 Å². The normalized spacial score (nSPS) is 21.0. The monoisotopic (exact) mass is 388 g/mol. The van der Waals surface area contributed by atoms with Crippen LogP contribution in [0.25, 0.3) is 0 Å². The molecule has 1 aliphatic heterocycles. The summed E-state index contributed by atoms with van der Waals surface area (Å²) >= 11 is 0. The highest BCUT2D eigenvalue weighted by Gasteiger charge is 2.50. The standard InChI is InChI=1S/C19H20N2O7/c1-10(22)18(25)21(2)28-19(26)16-12(7-14(23)8-15(16)24)9-27-17(19)11-3-5-13(20)6-4-11/h3-8,17,23-24,26H,9,20H2,1-2H3. The molecule has 0 radical (unpaired) electrons. The summed E-state index contributed by atoms with van der Waals surface area (Å²) in [4.78, 5) is 28.8. The second-order valence-electron chi connectivity index (χ2n) is 6.50. The smallest absolute Gasteiger partial charge is 0.313 e. The highest BCUT2D eigenvalue weighted by atomic mass is 16.8. The molecule has 9 nitrogen and oxygen atoms in total. The molecule has 0 aromatic heterocycles. The number of nitrogen functional groups attached to an aromatic ring is 1. The van der Waals surface area contributed by atoms with E-state index < -0.39 is 29.3 Å². The Labute approximate surface area is 160 Å². The van der Waals surface area contributed by atoms with Crippen LogP contribution >= 0.6 is 0 Å². The maximum atomic E-state index is 12.0. The third-order valence-electron chi connectivity index (χ3n) is 4.41. The number of aliphatic hydroxyl groups is 1. The van der Waals surface area contributed by atoms with Crippen molar-refractivity contribution in [1.29, 1.82) is 0 Å². The van der Waals surface area contributed by atoms with Crippen LogP contribution < -0.4 is 5.73 Å². The fraction of sp³-hybridized carbons (Fsp3) is 0.263. The minimum absolute atomic E-state index is 0.0532. The Hall–Kier alpha value is -3.14. The van der Waals surface area contributed by atoms with Crippen molar-refractivity contribution in [2.75, 3.05) is 12.8 Å². The van der Waals surface area contributed by atoms with Crippen LogP contribution in [0.5, 0.6) is 11.5 Å². The number of hydrogen-bond donors (Lipinski definition) is 4. The second kappa shape index (κ2) is 7.12. The number of hydrogen-bond acceptors (Lipinski definition) is 8. The first kappa shape index (κ1) is 19.6. The Morgan fingerprint density at radius 2 is 1.89 bits per heavy atom. The minimum Gasteiger partial charge on any atom is -0.508 e. The number of carbonyl (C=O) groups excluding carboxylic acids is 2. The third-order valence-corrected chi connectivity index (χ3v) is 4.41. The van der Waals surface area contributed by atoms with Gasteiger partial charge in [-0.25, -0.2) is 9.90 Å². The number of rotatable bonds is 4. The van der Waals surface area contributed by atoms with E-state index >= 15 is 0 Å². The first-order valence-corrected chi connectivity index (χ1v) is 8.36. The number of fused-ring (bicyclic) bond motifs is 1. The van der Waals surface area contributed by atoms with Gasteiger partial charge in [0.05, 0.1) is 12.2 Å². The number of carbonyl (C=O) groups is 2. The molecule has 148 valence electrons. The molecule has 0 saturated heterocycles. The molecule has 3 rings (SSSR count). The van der Waals surface area contributed by atoms with E-state index in [1.54, 1.807) is 24.3 Å². The van der Waals surface area contributed by atoms with Crippen molar-refractivity contribution in [3.8, 4) is 11.5 Å². The summed E-state index contributed by atoms with van der Waals surface area (Å²) in [5.41, 5.74) is 6.82. The average molecular weight is 388 g/mol. The number of nitrogens with two attached hydrogens (primary N) is 1. The van der Waals surface area contributed by atoms with Gasteiger partial charge in [0.25, 0.3) is 5.79 Å². The molecule has 28 heavy (non-hydrogen) atoms. The molecule has 2 aromatic rings. The predicted molar refractivity (Wildman–Crippen MR) is 96.6 cm³/mol. The van der Waals surface area contributed by atoms with Crippen LogP contribution in [0.4, 0.5) is 5.69 Å². The molecule has 9 heteroatoms. The molecule has 2 unspecified atom stereocenters. The zero-order valence-electron chi connectivity index (χ0n) is 15.2. The topological polar surface area (TPSA) is 143 Å². The van der Waals surface area contributed by atoms with Crippen LogP contribution in [0.2, 0.25) is 0 Å². The lowest BCUT2D eigenvalue weighted by atomic mass is 9.88. The number of anilines is 1. The van der Waals surface area contributed by atoms with Gasteiger partial charge in [-0.15, -0.1) is 0 Å². The number of ether oxygens (including phenoxy) is 1. The van der Waals surface area contributed by atoms with Gasteiger partial charge in [0, 0.05) is 25.7 Å². The molecule has 1 aliphatic rings. The Bertz CT molecular complexity index is 929. The number of phenols is 2. The first-order chi connectivity index (χ1) is 13.1. The molecule has 5 N–H and O–H groups in total. The minimum atomic E-state index is -2.37. The number of amides is 1. The number of benzene rings is 2. The number of hydroxylamine groups is 2. The first-order valence-electron chi connectivity index (χ1n) is 8.36. The molecule has 2 atom stereocenters. The molecule has 0 saturated carbocycles. The summed E-state index contributed by atoms with van der Waals surface area (Å²) in [5, 5.41) is 32.2. The lowest BCUT2D eigenvalue weighted by molar-refractivity contribution is -0.364. The lowest BCUT2D eigenvalue weighted by Gasteiger charge is -2.42. The van der Waals surface area contributed by atoms with Crippen LogP contribution in [0.15, 0.2) is 36.4 Å². The van der Waals surface area contributed by atoms with Gasteiger partial charge in [-0.3, -0.25) is 9.59 Å². The summed E-state index contributed by atoms with van der Waals surface area (Å²) in [7, 11) is 1.16. The summed E-state index contributed by atoms with van der Waals surface area (Å²) < 4.78 is 5.74. The van der Waals surface area contributed by atoms with Gasteiger partial charge in [-0.05, 0) is 29.3 Å². The van der Waals surface area contributed by atoms with Crippen LogP contribution in [-0.2, 0) is 31.6 Å². The Kier molecular flexibility index (Phi) is 4.99. The van der Waals surface area contributed by atoms with Crippen molar-refractivity contribution in [1.82, 2.24) is 5.06 Å². The zero-order chi connectivity index (χ0) is 20.6. The number of ketones is 1. The third kappa shape index (κ3) is 3.38. The lowest BCUT2D eigenvalue weighted by Crippen LogP contribution is -2.48. The van der Waals surface area contributed by atoms with E-state index in [4.69, 9.17) is 15.3 Å². The fourth-order valence-corrected chi connectivity index (χ4v) is 3.17. The summed E-state index contributed by atoms with van der Waals surface area (Å²) in [6.07, 6.45) is -1.17. The number of aromatic hydroxyl groups is 2. The van der Waals surface area contributed by atoms with Gasteiger partial charge in [0.15, 0.2) is 0 Å². The molecular weight excluding hydrogens is 368 g/mol. The SMILES string of the molecule is CC(=O)C(=O)N(C)OC1(O)c2c(O)cc(O)cc2COC1c1ccc(N)cc1. The zero-order valence-corrected chi connectivity index (χ0v) is 15.2. The molecule has 0 spiro atoms. The Morgan fingerprint density at radius 1 is 1.25 bits per heavy atom. The van der Waals surface area contributed by atoms with Gasteiger partial charge >= 0.3 is 5.91 Å². The number of phenolic OH excluding ortho intramolecular Hbond substituents is 2. The van der Waals surface area contributed by atoms with Crippen molar-refractivity contribution >= 4 is 17.4 Å². The van der Waals surface area contributed by atoms with Gasteiger partial charge in [0.2, 0.25) is 5.78 Å². The van der Waals surface area contributed by atoms with Crippen molar-refractivity contribution in [2.24, 2.45) is 0 Å². The summed E-state index contributed by atoms with van der Waals surface area (Å²) in [6.45, 7) is 1.01. The molecule has 2 aromatic carbocycles. The van der Waals surface area contributed by atoms with Crippen LogP contribution in [0.3, 0.4) is 0 Å². The molecule has 0 bridgehead atoms. The number of likely N-dealkylation sites (N-methyl/N-ethyl adjacent to an activating group) is 1. The van der Waals surface area contributed by atoms with Crippen molar-refractivity contribution in [3.05, 3.63) is 53.1 Å². The molecule has 0 fully saturated rings. The maximum absolute atomic E-state index is 12.0. The van der Waals surface area contributed by atoms with E-state index in [-0.39, 0.29) is 23.5 Å². The van der Waals surface area contributed by atoms with Crippen molar-refractivity contribution in [3.63, 3.8) is 0 Å². The quantitative estimate of drug-likeness (QED) is 0.264. The van der Waals surface area contributed by atoms with E-state index in [0.29, 0.717) is 16.3 Å². The molecule has 0 aliphatic carbocycles. The average Bonchev–Trinajstić information content (AvgIpc) is 2.61. The number of Topliss-reactive ketones (excluding diaryl/α,β-unsaturated/α-hetero) is 1. The largest absolute Gasteiger partial charge is 0.508 e. The highest BCUT2D eigenvalue weighted by molar-refractivity contribution is 6.34.